The number of phenols is 1. The normalized spacial score (nSPS) is 23.8. The molecule has 2 aromatic heterocycles. The number of benzene rings is 2. The van der Waals surface area contributed by atoms with Crippen LogP contribution < -0.4 is 9.64 Å². The van der Waals surface area contributed by atoms with Crippen molar-refractivity contribution in [2.45, 2.75) is 38.1 Å². The monoisotopic (exact) mass is 495 g/mol. The summed E-state index contributed by atoms with van der Waals surface area (Å²) in [6.45, 7) is 3.78. The van der Waals surface area contributed by atoms with E-state index in [1.54, 1.807) is 12.1 Å². The fourth-order valence-corrected chi connectivity index (χ4v) is 6.69. The second-order valence-electron chi connectivity index (χ2n) is 11.2. The van der Waals surface area contributed by atoms with Crippen molar-refractivity contribution >= 4 is 27.5 Å². The average Bonchev–Trinajstić information content (AvgIpc) is 3.49. The highest BCUT2D eigenvalue weighted by molar-refractivity contribution is 5.99. The van der Waals surface area contributed by atoms with Gasteiger partial charge in [-0.05, 0) is 86.5 Å². The van der Waals surface area contributed by atoms with E-state index in [1.807, 2.05) is 30.5 Å². The first-order valence-electron chi connectivity index (χ1n) is 13.6. The summed E-state index contributed by atoms with van der Waals surface area (Å²) in [6, 6.07) is 14.5. The van der Waals surface area contributed by atoms with Crippen molar-refractivity contribution in [2.75, 3.05) is 38.2 Å². The minimum Gasteiger partial charge on any atom is -0.508 e. The van der Waals surface area contributed by atoms with Crippen LogP contribution in [0, 0.1) is 11.8 Å². The molecule has 3 aliphatic rings. The zero-order valence-electron chi connectivity index (χ0n) is 21.3. The van der Waals surface area contributed by atoms with Gasteiger partial charge in [0.05, 0.1) is 16.6 Å². The van der Waals surface area contributed by atoms with E-state index in [-0.39, 0.29) is 5.75 Å². The van der Waals surface area contributed by atoms with Gasteiger partial charge in [0.25, 0.3) is 0 Å². The maximum absolute atomic E-state index is 10.4. The number of aromatic nitrogens is 3. The van der Waals surface area contributed by atoms with E-state index >= 15 is 0 Å². The number of fused-ring (bicyclic) bond motifs is 4. The molecule has 0 spiro atoms. The van der Waals surface area contributed by atoms with Crippen LogP contribution in [0.2, 0.25) is 0 Å². The Hall–Kier alpha value is -3.45. The number of likely N-dealkylation sites (tertiary alicyclic amines) is 1. The molecule has 1 aliphatic carbocycles. The Bertz CT molecular complexity index is 1460. The van der Waals surface area contributed by atoms with Crippen LogP contribution >= 0.6 is 0 Å². The number of rotatable bonds is 5. The van der Waals surface area contributed by atoms with Crippen molar-refractivity contribution in [1.82, 2.24) is 19.9 Å². The molecule has 2 aromatic carbocycles. The van der Waals surface area contributed by atoms with E-state index in [0.717, 1.165) is 76.6 Å². The van der Waals surface area contributed by atoms with Crippen LogP contribution in [0.5, 0.6) is 11.8 Å². The number of pyridine rings is 1. The Kier molecular flexibility index (Phi) is 5.61. The molecule has 0 amide bonds. The van der Waals surface area contributed by atoms with E-state index in [1.165, 1.54) is 25.7 Å². The van der Waals surface area contributed by atoms with Gasteiger partial charge in [-0.2, -0.15) is 9.97 Å². The maximum Gasteiger partial charge on any atom is 0.319 e. The molecule has 190 valence electrons. The Balaban J connectivity index is 1.32. The summed E-state index contributed by atoms with van der Waals surface area (Å²) in [5.74, 6) is 2.65. The number of aromatic hydroxyl groups is 1. The lowest BCUT2D eigenvalue weighted by molar-refractivity contribution is 0.188. The number of hydrogen-bond acceptors (Lipinski definition) is 7. The van der Waals surface area contributed by atoms with Crippen molar-refractivity contribution in [1.29, 1.82) is 0 Å². The lowest BCUT2D eigenvalue weighted by atomic mass is 9.98. The Morgan fingerprint density at radius 1 is 1.00 bits per heavy atom. The van der Waals surface area contributed by atoms with E-state index in [4.69, 9.17) is 19.7 Å². The largest absolute Gasteiger partial charge is 0.508 e. The quantitative estimate of drug-likeness (QED) is 0.405. The molecule has 1 saturated carbocycles. The van der Waals surface area contributed by atoms with Gasteiger partial charge in [-0.1, -0.05) is 24.3 Å². The standard InChI is InChI=1S/C30H33N5O2/c1-34-10-4-6-22(34)18-37-30-32-28-14-27(25-13-23(36)12-21-5-2-3-7-24(21)25)31-15-26(28)29(33-30)35-16-19-8-9-20(11-19)17-35/h2-3,5,7,12-15,19-20,22,36H,4,6,8-11,16-18H2,1H3/t19?,20?,22-/m0/s1. The van der Waals surface area contributed by atoms with Gasteiger partial charge in [0.1, 0.15) is 18.2 Å². The predicted molar refractivity (Wildman–Crippen MR) is 146 cm³/mol. The fourth-order valence-electron chi connectivity index (χ4n) is 6.69. The topological polar surface area (TPSA) is 74.6 Å². The molecule has 0 radical (unpaired) electrons. The Morgan fingerprint density at radius 3 is 2.65 bits per heavy atom. The number of ether oxygens (including phenoxy) is 1. The molecule has 4 aromatic rings. The number of piperidine rings is 1. The molecule has 7 heteroatoms. The first-order valence-corrected chi connectivity index (χ1v) is 13.6. The first-order chi connectivity index (χ1) is 18.1. The SMILES string of the molecule is CN1CCC[C@H]1COc1nc(N2CC3CCC(C3)C2)c2cnc(-c3cc(O)cc4ccccc34)cc2n1. The summed E-state index contributed by atoms with van der Waals surface area (Å²) in [5, 5.41) is 13.4. The molecule has 7 nitrogen and oxygen atoms in total. The van der Waals surface area contributed by atoms with Crippen LogP contribution in [0.15, 0.2) is 48.7 Å². The number of anilines is 1. The van der Waals surface area contributed by atoms with Gasteiger partial charge >= 0.3 is 6.01 Å². The van der Waals surface area contributed by atoms with Gasteiger partial charge in [0, 0.05) is 30.9 Å². The summed E-state index contributed by atoms with van der Waals surface area (Å²) >= 11 is 0. The summed E-state index contributed by atoms with van der Waals surface area (Å²) in [5.41, 5.74) is 2.50. The molecular weight excluding hydrogens is 462 g/mol. The second kappa shape index (κ2) is 9.14. The lowest BCUT2D eigenvalue weighted by Crippen LogP contribution is -2.37. The van der Waals surface area contributed by atoms with Crippen LogP contribution in [-0.2, 0) is 0 Å². The number of phenolic OH excluding ortho intramolecular Hbond substituents is 1. The molecule has 1 N–H and O–H groups in total. The summed E-state index contributed by atoms with van der Waals surface area (Å²) in [6.07, 6.45) is 8.22. The van der Waals surface area contributed by atoms with Gasteiger partial charge in [-0.25, -0.2) is 0 Å². The van der Waals surface area contributed by atoms with Crippen LogP contribution in [0.1, 0.15) is 32.1 Å². The molecular formula is C30H33N5O2. The maximum atomic E-state index is 10.4. The molecule has 2 aliphatic heterocycles. The van der Waals surface area contributed by atoms with Crippen molar-refractivity contribution in [2.24, 2.45) is 11.8 Å². The highest BCUT2D eigenvalue weighted by Gasteiger charge is 2.34. The van der Waals surface area contributed by atoms with Gasteiger partial charge in [-0.15, -0.1) is 0 Å². The van der Waals surface area contributed by atoms with E-state index < -0.39 is 0 Å². The summed E-state index contributed by atoms with van der Waals surface area (Å²) in [4.78, 5) is 19.5. The highest BCUT2D eigenvalue weighted by atomic mass is 16.5. The van der Waals surface area contributed by atoms with Crippen molar-refractivity contribution < 1.29 is 9.84 Å². The zero-order chi connectivity index (χ0) is 24.9. The Morgan fingerprint density at radius 2 is 1.84 bits per heavy atom. The van der Waals surface area contributed by atoms with Crippen LogP contribution in [0.25, 0.3) is 32.9 Å². The minimum atomic E-state index is 0.229. The fraction of sp³-hybridized carbons (Fsp3) is 0.433. The number of nitrogens with zero attached hydrogens (tertiary/aromatic N) is 5. The number of hydrogen-bond donors (Lipinski definition) is 1. The average molecular weight is 496 g/mol. The van der Waals surface area contributed by atoms with Gasteiger partial charge in [0.2, 0.25) is 0 Å². The van der Waals surface area contributed by atoms with Crippen LogP contribution in [0.4, 0.5) is 5.82 Å². The van der Waals surface area contributed by atoms with Gasteiger partial charge in [0.15, 0.2) is 0 Å². The first kappa shape index (κ1) is 22.7. The smallest absolute Gasteiger partial charge is 0.319 e. The third-order valence-corrected chi connectivity index (χ3v) is 8.65. The Labute approximate surface area is 217 Å². The molecule has 2 saturated heterocycles. The zero-order valence-corrected chi connectivity index (χ0v) is 21.3. The second-order valence-corrected chi connectivity index (χ2v) is 11.2. The summed E-state index contributed by atoms with van der Waals surface area (Å²) < 4.78 is 6.25. The van der Waals surface area contributed by atoms with Crippen LogP contribution in [-0.4, -0.2) is 64.3 Å². The van der Waals surface area contributed by atoms with E-state index in [2.05, 4.69) is 22.9 Å². The van der Waals surface area contributed by atoms with Gasteiger partial charge in [-0.3, -0.25) is 4.98 Å². The predicted octanol–water partition coefficient (Wildman–Crippen LogP) is 5.26. The molecule has 37 heavy (non-hydrogen) atoms. The minimum absolute atomic E-state index is 0.229. The molecule has 2 bridgehead atoms. The van der Waals surface area contributed by atoms with E-state index in [0.29, 0.717) is 18.7 Å². The number of likely N-dealkylation sites (N-methyl/N-ethyl adjacent to an activating group) is 1. The third kappa shape index (κ3) is 4.25. The van der Waals surface area contributed by atoms with Gasteiger partial charge < -0.3 is 19.6 Å². The molecule has 3 atom stereocenters. The third-order valence-electron chi connectivity index (χ3n) is 8.65. The molecule has 3 fully saturated rings. The highest BCUT2D eigenvalue weighted by Crippen LogP contribution is 2.40. The van der Waals surface area contributed by atoms with E-state index in [9.17, 15) is 5.11 Å². The van der Waals surface area contributed by atoms with Crippen molar-refractivity contribution in [3.63, 3.8) is 0 Å². The van der Waals surface area contributed by atoms with Crippen molar-refractivity contribution in [3.05, 3.63) is 48.7 Å². The lowest BCUT2D eigenvalue weighted by Gasteiger charge is -2.33. The van der Waals surface area contributed by atoms with Crippen LogP contribution in [0.3, 0.4) is 0 Å². The molecule has 7 rings (SSSR count). The summed E-state index contributed by atoms with van der Waals surface area (Å²) in [7, 11) is 2.16. The van der Waals surface area contributed by atoms with Crippen molar-refractivity contribution in [3.8, 4) is 23.0 Å². The molecule has 4 heterocycles. The molecule has 2 unspecified atom stereocenters.